The molecule has 0 bridgehead atoms. The lowest BCUT2D eigenvalue weighted by atomic mass is 10.2. The Morgan fingerprint density at radius 2 is 2.11 bits per heavy atom. The minimum absolute atomic E-state index is 0.0220. The molecule has 0 aliphatic carbocycles. The minimum Gasteiger partial charge on any atom is -0.395 e. The zero-order valence-electron chi connectivity index (χ0n) is 15.6. The van der Waals surface area contributed by atoms with Gasteiger partial charge in [-0.05, 0) is 19.8 Å². The van der Waals surface area contributed by atoms with Crippen LogP contribution in [0.2, 0.25) is 0 Å². The quantitative estimate of drug-likeness (QED) is 0.590. The van der Waals surface area contributed by atoms with E-state index in [1.165, 1.54) is 22.5 Å². The van der Waals surface area contributed by atoms with E-state index in [-0.39, 0.29) is 30.5 Å². The molecule has 0 amide bonds. The lowest BCUT2D eigenvalue weighted by molar-refractivity contribution is 0.137. The SMILES string of the molecule is Cc1cn(C2CC(O)[C@@H](CO)S2)c(=O)n(Cc2cn(CCCC[18F])nn2)c1=O. The molecule has 2 N–H and O–H groups in total. The molecule has 2 unspecified atom stereocenters. The Labute approximate surface area is 164 Å². The highest BCUT2D eigenvalue weighted by atomic mass is 32.2. The third kappa shape index (κ3) is 4.36. The Morgan fingerprint density at radius 1 is 1.32 bits per heavy atom. The molecule has 0 aromatic carbocycles. The number of aromatic nitrogens is 5. The summed E-state index contributed by atoms with van der Waals surface area (Å²) < 4.78 is 16.3. The molecule has 2 aromatic rings. The van der Waals surface area contributed by atoms with Gasteiger partial charge in [-0.1, -0.05) is 5.21 Å². The summed E-state index contributed by atoms with van der Waals surface area (Å²) in [4.78, 5) is 25.4. The molecule has 1 aliphatic rings. The van der Waals surface area contributed by atoms with Crippen molar-refractivity contribution in [2.45, 2.75) is 56.0 Å². The number of nitrogens with zero attached hydrogens (tertiary/aromatic N) is 5. The number of rotatable bonds is 8. The van der Waals surface area contributed by atoms with Gasteiger partial charge in [0.15, 0.2) is 0 Å². The summed E-state index contributed by atoms with van der Waals surface area (Å²) in [5.41, 5.74) is -0.0391. The molecular weight excluding hydrogens is 388 g/mol. The lowest BCUT2D eigenvalue weighted by Gasteiger charge is -2.16. The number of hydrogen-bond acceptors (Lipinski definition) is 7. The number of halogens is 1. The van der Waals surface area contributed by atoms with Crippen molar-refractivity contribution in [3.8, 4) is 0 Å². The standard InChI is InChI=1S/C17H24FN5O4S/c1-11-7-22(15-6-13(25)14(10-24)28-15)17(27)23(16(11)26)9-12-8-21(20-19-12)5-3-2-4-18/h7-8,13-15,24-25H,2-6,9-10H2,1H3/t13?,14-,15?/m1/s1/i18-1. The molecular formula is C17H24FN5O4S. The van der Waals surface area contributed by atoms with Crippen LogP contribution in [0.25, 0.3) is 0 Å². The molecule has 11 heteroatoms. The van der Waals surface area contributed by atoms with Gasteiger partial charge in [-0.3, -0.25) is 23.0 Å². The van der Waals surface area contributed by atoms with E-state index < -0.39 is 17.4 Å². The van der Waals surface area contributed by atoms with E-state index in [1.807, 2.05) is 0 Å². The molecule has 3 atom stereocenters. The van der Waals surface area contributed by atoms with Gasteiger partial charge in [0, 0.05) is 24.7 Å². The fourth-order valence-corrected chi connectivity index (χ4v) is 4.58. The number of aliphatic hydroxyl groups is 2. The molecule has 0 spiro atoms. The van der Waals surface area contributed by atoms with Gasteiger partial charge in [-0.15, -0.1) is 16.9 Å². The topological polar surface area (TPSA) is 115 Å². The van der Waals surface area contributed by atoms with E-state index in [2.05, 4.69) is 10.3 Å². The van der Waals surface area contributed by atoms with Crippen molar-refractivity contribution in [2.75, 3.05) is 13.3 Å². The zero-order chi connectivity index (χ0) is 20.3. The average molecular weight is 412 g/mol. The molecule has 28 heavy (non-hydrogen) atoms. The third-order valence-electron chi connectivity index (χ3n) is 4.74. The van der Waals surface area contributed by atoms with Crippen LogP contribution in [0.5, 0.6) is 0 Å². The maximum Gasteiger partial charge on any atom is 0.332 e. The highest BCUT2D eigenvalue weighted by Crippen LogP contribution is 2.40. The van der Waals surface area contributed by atoms with Gasteiger partial charge in [0.1, 0.15) is 5.69 Å². The molecule has 3 rings (SSSR count). The van der Waals surface area contributed by atoms with E-state index in [1.54, 1.807) is 17.8 Å². The normalized spacial score (nSPS) is 22.1. The van der Waals surface area contributed by atoms with E-state index in [0.717, 1.165) is 4.57 Å². The Hall–Kier alpha value is -1.98. The molecule has 1 fully saturated rings. The summed E-state index contributed by atoms with van der Waals surface area (Å²) in [5, 5.41) is 26.6. The van der Waals surface area contributed by atoms with Crippen LogP contribution in [0.1, 0.15) is 35.9 Å². The molecule has 154 valence electrons. The van der Waals surface area contributed by atoms with Crippen LogP contribution in [-0.4, -0.2) is 59.0 Å². The van der Waals surface area contributed by atoms with Gasteiger partial charge < -0.3 is 10.2 Å². The van der Waals surface area contributed by atoms with Crippen molar-refractivity contribution in [1.82, 2.24) is 24.1 Å². The first kappa shape index (κ1) is 20.7. The molecule has 0 saturated carbocycles. The molecule has 1 saturated heterocycles. The fourth-order valence-electron chi connectivity index (χ4n) is 3.20. The lowest BCUT2D eigenvalue weighted by Crippen LogP contribution is -2.41. The van der Waals surface area contributed by atoms with E-state index >= 15 is 0 Å². The third-order valence-corrected chi connectivity index (χ3v) is 6.28. The fraction of sp³-hybridized carbons (Fsp3) is 0.647. The first-order valence-electron chi connectivity index (χ1n) is 9.16. The minimum atomic E-state index is -0.711. The summed E-state index contributed by atoms with van der Waals surface area (Å²) in [5.74, 6) is 0. The van der Waals surface area contributed by atoms with Gasteiger partial charge in [0.25, 0.3) is 5.56 Å². The smallest absolute Gasteiger partial charge is 0.332 e. The Kier molecular flexibility index (Phi) is 6.68. The van der Waals surface area contributed by atoms with E-state index in [0.29, 0.717) is 37.1 Å². The highest BCUT2D eigenvalue weighted by Gasteiger charge is 2.35. The van der Waals surface area contributed by atoms with Crippen molar-refractivity contribution in [3.05, 3.63) is 44.5 Å². The number of aliphatic hydroxyl groups excluding tert-OH is 2. The summed E-state index contributed by atoms with van der Waals surface area (Å²) in [6.45, 7) is 1.56. The second-order valence-electron chi connectivity index (χ2n) is 6.88. The van der Waals surface area contributed by atoms with Gasteiger partial charge >= 0.3 is 5.69 Å². The summed E-state index contributed by atoms with van der Waals surface area (Å²) in [6.07, 6.45) is 3.82. The van der Waals surface area contributed by atoms with Crippen LogP contribution in [0.4, 0.5) is 4.39 Å². The predicted molar refractivity (Wildman–Crippen MR) is 102 cm³/mol. The summed E-state index contributed by atoms with van der Waals surface area (Å²) in [6, 6.07) is 0. The number of aryl methyl sites for hydroxylation is 2. The zero-order valence-corrected chi connectivity index (χ0v) is 16.4. The van der Waals surface area contributed by atoms with Crippen molar-refractivity contribution in [1.29, 1.82) is 0 Å². The van der Waals surface area contributed by atoms with Gasteiger partial charge in [-0.2, -0.15) is 0 Å². The Balaban J connectivity index is 1.85. The highest BCUT2D eigenvalue weighted by molar-refractivity contribution is 8.00. The Bertz CT molecular complexity index is 927. The van der Waals surface area contributed by atoms with Crippen LogP contribution in [0.15, 0.2) is 22.0 Å². The van der Waals surface area contributed by atoms with Crippen molar-refractivity contribution in [3.63, 3.8) is 0 Å². The maximum atomic E-state index is 12.9. The largest absolute Gasteiger partial charge is 0.395 e. The van der Waals surface area contributed by atoms with Crippen LogP contribution in [0, 0.1) is 6.92 Å². The maximum absolute atomic E-state index is 12.9. The monoisotopic (exact) mass is 412 g/mol. The van der Waals surface area contributed by atoms with Crippen molar-refractivity contribution in [2.24, 2.45) is 0 Å². The van der Waals surface area contributed by atoms with Crippen LogP contribution < -0.4 is 11.2 Å². The summed E-state index contributed by atoms with van der Waals surface area (Å²) in [7, 11) is 0. The van der Waals surface area contributed by atoms with Crippen LogP contribution >= 0.6 is 11.8 Å². The number of unbranched alkanes of at least 4 members (excludes halogenated alkanes) is 1. The van der Waals surface area contributed by atoms with Gasteiger partial charge in [0.2, 0.25) is 0 Å². The second-order valence-corrected chi connectivity index (χ2v) is 8.30. The number of alkyl halides is 1. The van der Waals surface area contributed by atoms with Crippen LogP contribution in [0.3, 0.4) is 0 Å². The molecule has 0 radical (unpaired) electrons. The van der Waals surface area contributed by atoms with Crippen molar-refractivity contribution >= 4 is 11.8 Å². The predicted octanol–water partition coefficient (Wildman–Crippen LogP) is 0.0652. The average Bonchev–Trinajstić information content (AvgIpc) is 3.28. The van der Waals surface area contributed by atoms with Crippen LogP contribution in [-0.2, 0) is 13.1 Å². The van der Waals surface area contributed by atoms with Crippen molar-refractivity contribution < 1.29 is 14.6 Å². The first-order chi connectivity index (χ1) is 13.4. The first-order valence-corrected chi connectivity index (χ1v) is 10.1. The van der Waals surface area contributed by atoms with E-state index in [4.69, 9.17) is 0 Å². The molecule has 9 nitrogen and oxygen atoms in total. The molecule has 3 heterocycles. The number of thioether (sulfide) groups is 1. The van der Waals surface area contributed by atoms with E-state index in [9.17, 15) is 24.2 Å². The molecule has 2 aromatic heterocycles. The van der Waals surface area contributed by atoms with Gasteiger partial charge in [0.05, 0.1) is 42.8 Å². The molecule has 1 aliphatic heterocycles. The Morgan fingerprint density at radius 3 is 2.79 bits per heavy atom. The summed E-state index contributed by atoms with van der Waals surface area (Å²) >= 11 is 1.32. The number of hydrogen-bond donors (Lipinski definition) is 2. The van der Waals surface area contributed by atoms with Gasteiger partial charge in [-0.25, -0.2) is 4.79 Å². The second kappa shape index (κ2) is 9.01.